The number of carbonyl (C=O) groups excluding carboxylic acids is 1. The van der Waals surface area contributed by atoms with Gasteiger partial charge in [-0.2, -0.15) is 4.98 Å². The number of ether oxygens (including phenoxy) is 2. The fourth-order valence-corrected chi connectivity index (χ4v) is 5.16. The number of fused-ring (bicyclic) bond motifs is 1. The molecule has 1 N–H and O–H groups in total. The number of nitrogens with one attached hydrogen (secondary N) is 1. The van der Waals surface area contributed by atoms with Crippen LogP contribution in [0.4, 0.5) is 23.0 Å². The molecule has 1 aliphatic heterocycles. The van der Waals surface area contributed by atoms with Crippen molar-refractivity contribution in [3.63, 3.8) is 0 Å². The summed E-state index contributed by atoms with van der Waals surface area (Å²) in [7, 11) is 6.71. The van der Waals surface area contributed by atoms with E-state index in [2.05, 4.69) is 27.2 Å². The highest BCUT2D eigenvalue weighted by Gasteiger charge is 2.27. The Bertz CT molecular complexity index is 1570. The summed E-state index contributed by atoms with van der Waals surface area (Å²) in [5.74, 6) is 0.228. The molecule has 40 heavy (non-hydrogen) atoms. The average Bonchev–Trinajstić information content (AvgIpc) is 3.58. The van der Waals surface area contributed by atoms with Crippen molar-refractivity contribution in [3.8, 4) is 11.6 Å². The Morgan fingerprint density at radius 1 is 1.25 bits per heavy atom. The Morgan fingerprint density at radius 3 is 2.75 bits per heavy atom. The van der Waals surface area contributed by atoms with Gasteiger partial charge in [0.1, 0.15) is 17.0 Å². The highest BCUT2D eigenvalue weighted by atomic mass is 16.6. The van der Waals surface area contributed by atoms with Crippen LogP contribution in [0.5, 0.6) is 5.75 Å². The van der Waals surface area contributed by atoms with Crippen molar-refractivity contribution in [1.29, 1.82) is 0 Å². The fraction of sp³-hybridized carbons (Fsp3) is 0.321. The molecule has 1 saturated heterocycles. The van der Waals surface area contributed by atoms with Gasteiger partial charge in [-0.15, -0.1) is 0 Å². The number of anilines is 3. The third-order valence-electron chi connectivity index (χ3n) is 7.31. The van der Waals surface area contributed by atoms with Gasteiger partial charge < -0.3 is 29.2 Å². The molecule has 208 valence electrons. The van der Waals surface area contributed by atoms with E-state index < -0.39 is 10.9 Å². The standard InChI is InChI=1S/C28H31N7O5/c1-32-12-7-9-19(32)17-33(2)23-15-25(39-3)21(14-24(23)35(37)38)30-28-29-16-20(27(36)40-4)26(31-28)34-13-11-18-8-5-6-10-22(18)34/h5-6,8,10-11,13-16,19H,7,9,12,17H2,1-4H3,(H,29,30,31)/t19-/m1/s1. The average molecular weight is 546 g/mol. The first kappa shape index (κ1) is 26.9. The maximum absolute atomic E-state index is 12.6. The molecule has 1 aliphatic rings. The molecule has 0 spiro atoms. The molecule has 0 bridgehead atoms. The predicted octanol–water partition coefficient (Wildman–Crippen LogP) is 4.40. The van der Waals surface area contributed by atoms with E-state index in [1.165, 1.54) is 26.5 Å². The van der Waals surface area contributed by atoms with E-state index in [4.69, 9.17) is 9.47 Å². The third kappa shape index (κ3) is 5.13. The summed E-state index contributed by atoms with van der Waals surface area (Å²) in [6, 6.07) is 13.0. The fourth-order valence-electron chi connectivity index (χ4n) is 5.16. The van der Waals surface area contributed by atoms with E-state index in [1.807, 2.05) is 42.3 Å². The number of hydrogen-bond donors (Lipinski definition) is 1. The number of para-hydroxylation sites is 1. The highest BCUT2D eigenvalue weighted by molar-refractivity contribution is 5.94. The number of likely N-dealkylation sites (tertiary alicyclic amines) is 1. The van der Waals surface area contributed by atoms with Gasteiger partial charge in [0, 0.05) is 44.2 Å². The normalized spacial score (nSPS) is 15.2. The van der Waals surface area contributed by atoms with Gasteiger partial charge in [-0.1, -0.05) is 18.2 Å². The maximum atomic E-state index is 12.6. The number of rotatable bonds is 9. The summed E-state index contributed by atoms with van der Waals surface area (Å²) >= 11 is 0. The SMILES string of the molecule is COC(=O)c1cnc(Nc2cc([N+](=O)[O-])c(N(C)C[C@H]3CCCN3C)cc2OC)nc1-n1ccc2ccccc21. The molecule has 0 saturated carbocycles. The van der Waals surface area contributed by atoms with Gasteiger partial charge in [0.15, 0.2) is 5.82 Å². The van der Waals surface area contributed by atoms with E-state index in [1.54, 1.807) is 16.8 Å². The number of benzene rings is 2. The molecule has 0 unspecified atom stereocenters. The summed E-state index contributed by atoms with van der Waals surface area (Å²) in [6.45, 7) is 1.67. The number of carbonyl (C=O) groups is 1. The molecule has 1 fully saturated rings. The number of nitro benzene ring substituents is 1. The van der Waals surface area contributed by atoms with Crippen LogP contribution in [0, 0.1) is 10.1 Å². The molecule has 0 radical (unpaired) electrons. The number of esters is 1. The Labute approximate surface area is 231 Å². The topological polar surface area (TPSA) is 128 Å². The summed E-state index contributed by atoms with van der Waals surface area (Å²) in [5.41, 5.74) is 1.70. The molecule has 12 nitrogen and oxygen atoms in total. The van der Waals surface area contributed by atoms with Gasteiger partial charge in [-0.25, -0.2) is 9.78 Å². The lowest BCUT2D eigenvalue weighted by atomic mass is 10.1. The first-order valence-corrected chi connectivity index (χ1v) is 12.9. The summed E-state index contributed by atoms with van der Waals surface area (Å²) in [6.07, 6.45) is 5.33. The number of methoxy groups -OCH3 is 2. The van der Waals surface area contributed by atoms with Crippen LogP contribution in [0.1, 0.15) is 23.2 Å². The molecular formula is C28H31N7O5. The van der Waals surface area contributed by atoms with Gasteiger partial charge in [0.25, 0.3) is 5.69 Å². The Balaban J connectivity index is 1.53. The zero-order chi connectivity index (χ0) is 28.4. The van der Waals surface area contributed by atoms with Crippen molar-refractivity contribution in [2.75, 3.05) is 51.6 Å². The van der Waals surface area contributed by atoms with Crippen LogP contribution in [0.3, 0.4) is 0 Å². The summed E-state index contributed by atoms with van der Waals surface area (Å²) < 4.78 is 12.3. The van der Waals surface area contributed by atoms with Crippen LogP contribution in [0.15, 0.2) is 54.9 Å². The van der Waals surface area contributed by atoms with Crippen LogP contribution in [0.25, 0.3) is 16.7 Å². The van der Waals surface area contributed by atoms with E-state index in [0.717, 1.165) is 30.3 Å². The molecule has 0 amide bonds. The largest absolute Gasteiger partial charge is 0.494 e. The lowest BCUT2D eigenvalue weighted by Gasteiger charge is -2.27. The predicted molar refractivity (Wildman–Crippen MR) is 152 cm³/mol. The second-order valence-corrected chi connectivity index (χ2v) is 9.75. The van der Waals surface area contributed by atoms with Gasteiger partial charge in [0.2, 0.25) is 5.95 Å². The Morgan fingerprint density at radius 2 is 2.05 bits per heavy atom. The van der Waals surface area contributed by atoms with Crippen molar-refractivity contribution in [2.45, 2.75) is 18.9 Å². The molecule has 1 atom stereocenters. The van der Waals surface area contributed by atoms with Crippen LogP contribution < -0.4 is 15.0 Å². The van der Waals surface area contributed by atoms with Gasteiger partial charge in [-0.05, 0) is 44.0 Å². The van der Waals surface area contributed by atoms with Crippen molar-refractivity contribution in [2.24, 2.45) is 0 Å². The van der Waals surface area contributed by atoms with Gasteiger partial charge in [-0.3, -0.25) is 10.1 Å². The molecule has 3 heterocycles. The number of aromatic nitrogens is 3. The summed E-state index contributed by atoms with van der Waals surface area (Å²) in [4.78, 5) is 37.4. The number of nitrogens with zero attached hydrogens (tertiary/aromatic N) is 6. The number of hydrogen-bond acceptors (Lipinski definition) is 10. The first-order chi connectivity index (χ1) is 19.3. The molecule has 12 heteroatoms. The Kier molecular flexibility index (Phi) is 7.52. The monoisotopic (exact) mass is 545 g/mol. The van der Waals surface area contributed by atoms with E-state index in [-0.39, 0.29) is 17.2 Å². The quantitative estimate of drug-likeness (QED) is 0.184. The van der Waals surface area contributed by atoms with Gasteiger partial charge in [0.05, 0.1) is 30.3 Å². The van der Waals surface area contributed by atoms with Crippen molar-refractivity contribution in [3.05, 3.63) is 70.5 Å². The highest BCUT2D eigenvalue weighted by Crippen LogP contribution is 2.39. The minimum absolute atomic E-state index is 0.0748. The molecule has 4 aromatic rings. The minimum Gasteiger partial charge on any atom is -0.494 e. The van der Waals surface area contributed by atoms with Crippen LogP contribution in [-0.2, 0) is 4.74 Å². The Hall–Kier alpha value is -4.71. The molecule has 5 rings (SSSR count). The van der Waals surface area contributed by atoms with E-state index in [9.17, 15) is 14.9 Å². The second-order valence-electron chi connectivity index (χ2n) is 9.75. The smallest absolute Gasteiger partial charge is 0.343 e. The summed E-state index contributed by atoms with van der Waals surface area (Å²) in [5, 5.41) is 16.2. The van der Waals surface area contributed by atoms with E-state index in [0.29, 0.717) is 35.5 Å². The van der Waals surface area contributed by atoms with Crippen LogP contribution in [-0.4, -0.2) is 77.8 Å². The maximum Gasteiger partial charge on any atom is 0.343 e. The lowest BCUT2D eigenvalue weighted by molar-refractivity contribution is -0.384. The second kappa shape index (κ2) is 11.2. The molecule has 0 aliphatic carbocycles. The number of nitro groups is 1. The first-order valence-electron chi connectivity index (χ1n) is 12.9. The molecule has 2 aromatic heterocycles. The van der Waals surface area contributed by atoms with Gasteiger partial charge >= 0.3 is 5.97 Å². The van der Waals surface area contributed by atoms with Crippen molar-refractivity contribution >= 4 is 39.9 Å². The van der Waals surface area contributed by atoms with E-state index >= 15 is 0 Å². The van der Waals surface area contributed by atoms with Crippen LogP contribution in [0.2, 0.25) is 0 Å². The van der Waals surface area contributed by atoms with Crippen molar-refractivity contribution < 1.29 is 19.2 Å². The third-order valence-corrected chi connectivity index (χ3v) is 7.31. The minimum atomic E-state index is -0.590. The zero-order valence-corrected chi connectivity index (χ0v) is 22.8. The lowest BCUT2D eigenvalue weighted by Crippen LogP contribution is -2.36. The van der Waals surface area contributed by atoms with Crippen LogP contribution >= 0.6 is 0 Å². The van der Waals surface area contributed by atoms with Crippen molar-refractivity contribution in [1.82, 2.24) is 19.4 Å². The number of likely N-dealkylation sites (N-methyl/N-ethyl adjacent to an activating group) is 2. The molecule has 2 aromatic carbocycles. The molecular weight excluding hydrogens is 514 g/mol. The zero-order valence-electron chi connectivity index (χ0n) is 22.8.